The van der Waals surface area contributed by atoms with Gasteiger partial charge in [-0.15, -0.1) is 0 Å². The van der Waals surface area contributed by atoms with Crippen molar-refractivity contribution in [1.82, 2.24) is 5.32 Å². The lowest BCUT2D eigenvalue weighted by molar-refractivity contribution is -0.385. The molecule has 0 radical (unpaired) electrons. The molecule has 0 saturated heterocycles. The third kappa shape index (κ3) is 3.88. The molecule has 1 aromatic carbocycles. The first-order valence-corrected chi connectivity index (χ1v) is 5.78. The van der Waals surface area contributed by atoms with Gasteiger partial charge in [-0.2, -0.15) is 0 Å². The van der Waals surface area contributed by atoms with E-state index in [-0.39, 0.29) is 10.6 Å². The first-order valence-electron chi connectivity index (χ1n) is 4.98. The van der Waals surface area contributed by atoms with Crippen molar-refractivity contribution in [3.05, 3.63) is 38.3 Å². The minimum absolute atomic E-state index is 0.134. The van der Waals surface area contributed by atoms with E-state index in [1.165, 1.54) is 6.07 Å². The Bertz CT molecular complexity index is 371. The highest BCUT2D eigenvalue weighted by Crippen LogP contribution is 2.23. The molecule has 1 rings (SSSR count). The van der Waals surface area contributed by atoms with Crippen LogP contribution in [0.2, 0.25) is 0 Å². The predicted molar refractivity (Wildman–Crippen MR) is 66.2 cm³/mol. The summed E-state index contributed by atoms with van der Waals surface area (Å²) in [4.78, 5) is 10.4. The number of hydrogen-bond donors (Lipinski definition) is 2. The molecule has 0 aliphatic carbocycles. The molecule has 0 amide bonds. The van der Waals surface area contributed by atoms with Gasteiger partial charge in [0, 0.05) is 22.6 Å². The molecule has 0 heterocycles. The summed E-state index contributed by atoms with van der Waals surface area (Å²) in [6.45, 7) is 1.88. The summed E-state index contributed by atoms with van der Waals surface area (Å²) in [5.74, 6) is 0. The van der Waals surface area contributed by atoms with Crippen LogP contribution in [0.3, 0.4) is 0 Å². The largest absolute Gasteiger partial charge is 0.330 e. The molecule has 6 heteroatoms. The van der Waals surface area contributed by atoms with Crippen LogP contribution in [0.15, 0.2) is 22.7 Å². The van der Waals surface area contributed by atoms with E-state index < -0.39 is 0 Å². The highest BCUT2D eigenvalue weighted by Gasteiger charge is 2.13. The molecular formula is C10H14BrN3O2. The third-order valence-corrected chi connectivity index (χ3v) is 2.61. The first-order chi connectivity index (χ1) is 7.65. The maximum atomic E-state index is 10.8. The van der Waals surface area contributed by atoms with Crippen molar-refractivity contribution in [1.29, 1.82) is 0 Å². The van der Waals surface area contributed by atoms with Crippen LogP contribution >= 0.6 is 15.9 Å². The van der Waals surface area contributed by atoms with Gasteiger partial charge in [0.25, 0.3) is 5.69 Å². The maximum absolute atomic E-state index is 10.8. The average molecular weight is 288 g/mol. The molecule has 0 fully saturated rings. The van der Waals surface area contributed by atoms with Gasteiger partial charge in [-0.3, -0.25) is 10.1 Å². The van der Waals surface area contributed by atoms with E-state index in [0.29, 0.717) is 23.1 Å². The predicted octanol–water partition coefficient (Wildman–Crippen LogP) is 1.80. The van der Waals surface area contributed by atoms with Gasteiger partial charge in [0.2, 0.25) is 0 Å². The quantitative estimate of drug-likeness (QED) is 0.475. The van der Waals surface area contributed by atoms with E-state index in [2.05, 4.69) is 21.2 Å². The molecule has 0 aliphatic heterocycles. The number of benzene rings is 1. The van der Waals surface area contributed by atoms with Crippen LogP contribution in [-0.4, -0.2) is 18.0 Å². The van der Waals surface area contributed by atoms with Crippen molar-refractivity contribution in [2.75, 3.05) is 13.1 Å². The number of nitrogens with one attached hydrogen (secondary N) is 1. The molecule has 0 aliphatic rings. The zero-order chi connectivity index (χ0) is 12.0. The number of halogens is 1. The van der Waals surface area contributed by atoms with Crippen molar-refractivity contribution >= 4 is 21.6 Å². The SMILES string of the molecule is NCCCNCc1ccc(Br)cc1[N+](=O)[O-]. The molecular weight excluding hydrogens is 274 g/mol. The molecule has 0 unspecified atom stereocenters. The smallest absolute Gasteiger partial charge is 0.275 e. The van der Waals surface area contributed by atoms with E-state index in [9.17, 15) is 10.1 Å². The second-order valence-electron chi connectivity index (χ2n) is 3.35. The van der Waals surface area contributed by atoms with Gasteiger partial charge in [-0.05, 0) is 31.6 Å². The molecule has 0 saturated carbocycles. The van der Waals surface area contributed by atoms with Crippen LogP contribution in [-0.2, 0) is 6.54 Å². The van der Waals surface area contributed by atoms with Crippen molar-refractivity contribution < 1.29 is 4.92 Å². The molecule has 0 atom stereocenters. The van der Waals surface area contributed by atoms with Crippen LogP contribution in [0.1, 0.15) is 12.0 Å². The van der Waals surface area contributed by atoms with Crippen molar-refractivity contribution in [3.63, 3.8) is 0 Å². The summed E-state index contributed by atoms with van der Waals surface area (Å²) in [6.07, 6.45) is 0.865. The Kier molecular flexibility index (Phi) is 5.37. The molecule has 3 N–H and O–H groups in total. The average Bonchev–Trinajstić information content (AvgIpc) is 2.26. The lowest BCUT2D eigenvalue weighted by Gasteiger charge is -2.05. The van der Waals surface area contributed by atoms with Gasteiger partial charge in [-0.25, -0.2) is 0 Å². The van der Waals surface area contributed by atoms with Gasteiger partial charge in [-0.1, -0.05) is 15.9 Å². The first kappa shape index (κ1) is 13.1. The number of nitrogens with zero attached hydrogens (tertiary/aromatic N) is 1. The molecule has 0 bridgehead atoms. The Morgan fingerprint density at radius 1 is 1.50 bits per heavy atom. The highest BCUT2D eigenvalue weighted by atomic mass is 79.9. The van der Waals surface area contributed by atoms with Gasteiger partial charge in [0.15, 0.2) is 0 Å². The van der Waals surface area contributed by atoms with E-state index in [4.69, 9.17) is 5.73 Å². The monoisotopic (exact) mass is 287 g/mol. The molecule has 0 aromatic heterocycles. The number of nitrogens with two attached hydrogens (primary N) is 1. The van der Waals surface area contributed by atoms with E-state index in [0.717, 1.165) is 13.0 Å². The minimum Gasteiger partial charge on any atom is -0.330 e. The molecule has 0 spiro atoms. The number of nitro groups is 1. The molecule has 1 aromatic rings. The maximum Gasteiger partial charge on any atom is 0.275 e. The Morgan fingerprint density at radius 2 is 2.25 bits per heavy atom. The van der Waals surface area contributed by atoms with Crippen molar-refractivity contribution in [2.45, 2.75) is 13.0 Å². The summed E-state index contributed by atoms with van der Waals surface area (Å²) in [5.41, 5.74) is 6.17. The van der Waals surface area contributed by atoms with Crippen molar-refractivity contribution in [2.24, 2.45) is 5.73 Å². The summed E-state index contributed by atoms with van der Waals surface area (Å²) < 4.78 is 0.713. The summed E-state index contributed by atoms with van der Waals surface area (Å²) in [6, 6.07) is 5.06. The second-order valence-corrected chi connectivity index (χ2v) is 4.26. The summed E-state index contributed by atoms with van der Waals surface area (Å²) >= 11 is 3.22. The summed E-state index contributed by atoms with van der Waals surface area (Å²) in [5, 5.41) is 13.9. The Morgan fingerprint density at radius 3 is 2.88 bits per heavy atom. The number of hydrogen-bond acceptors (Lipinski definition) is 4. The lowest BCUT2D eigenvalue weighted by Crippen LogP contribution is -2.18. The standard InChI is InChI=1S/C10H14BrN3O2/c11-9-3-2-8(7-13-5-1-4-12)10(6-9)14(15)16/h2-3,6,13H,1,4-5,7,12H2. The van der Waals surface area contributed by atoms with Crippen LogP contribution < -0.4 is 11.1 Å². The van der Waals surface area contributed by atoms with Crippen LogP contribution in [0.25, 0.3) is 0 Å². The van der Waals surface area contributed by atoms with Gasteiger partial charge in [0.1, 0.15) is 0 Å². The fourth-order valence-electron chi connectivity index (χ4n) is 1.31. The van der Waals surface area contributed by atoms with Gasteiger partial charge in [0.05, 0.1) is 4.92 Å². The Hall–Kier alpha value is -0.980. The van der Waals surface area contributed by atoms with Crippen LogP contribution in [0.5, 0.6) is 0 Å². The normalized spacial score (nSPS) is 10.4. The number of rotatable bonds is 6. The Balaban J connectivity index is 2.67. The van der Waals surface area contributed by atoms with Crippen molar-refractivity contribution in [3.8, 4) is 0 Å². The molecule has 88 valence electrons. The molecule has 5 nitrogen and oxygen atoms in total. The second kappa shape index (κ2) is 6.57. The topological polar surface area (TPSA) is 81.2 Å². The van der Waals surface area contributed by atoms with Gasteiger partial charge >= 0.3 is 0 Å². The zero-order valence-corrected chi connectivity index (χ0v) is 10.4. The lowest BCUT2D eigenvalue weighted by atomic mass is 10.2. The van der Waals surface area contributed by atoms with Crippen LogP contribution in [0, 0.1) is 10.1 Å². The summed E-state index contributed by atoms with van der Waals surface area (Å²) in [7, 11) is 0. The number of nitro benzene ring substituents is 1. The highest BCUT2D eigenvalue weighted by molar-refractivity contribution is 9.10. The van der Waals surface area contributed by atoms with E-state index in [1.807, 2.05) is 0 Å². The fraction of sp³-hybridized carbons (Fsp3) is 0.400. The van der Waals surface area contributed by atoms with E-state index >= 15 is 0 Å². The van der Waals surface area contributed by atoms with Gasteiger partial charge < -0.3 is 11.1 Å². The molecule has 16 heavy (non-hydrogen) atoms. The Labute approximate surface area is 102 Å². The third-order valence-electron chi connectivity index (χ3n) is 2.12. The van der Waals surface area contributed by atoms with E-state index in [1.54, 1.807) is 12.1 Å². The fourth-order valence-corrected chi connectivity index (χ4v) is 1.66. The zero-order valence-electron chi connectivity index (χ0n) is 8.78. The minimum atomic E-state index is -0.370. The van der Waals surface area contributed by atoms with Crippen LogP contribution in [0.4, 0.5) is 5.69 Å².